The van der Waals surface area contributed by atoms with Crippen LogP contribution >= 0.6 is 0 Å². The molecule has 0 saturated carbocycles. The van der Waals surface area contributed by atoms with Gasteiger partial charge in [0.2, 0.25) is 5.91 Å². The highest BCUT2D eigenvalue weighted by molar-refractivity contribution is 5.91. The van der Waals surface area contributed by atoms with E-state index in [1.54, 1.807) is 6.07 Å². The van der Waals surface area contributed by atoms with Crippen LogP contribution in [0.5, 0.6) is 0 Å². The molecular weight excluding hydrogens is 450 g/mol. The topological polar surface area (TPSA) is 99.2 Å². The summed E-state index contributed by atoms with van der Waals surface area (Å²) in [6.07, 6.45) is 4.54. The largest absolute Gasteiger partial charge is 0.356 e. The minimum absolute atomic E-state index is 0.0878. The van der Waals surface area contributed by atoms with Crippen molar-refractivity contribution < 1.29 is 4.79 Å². The second-order valence-corrected chi connectivity index (χ2v) is 10.0. The molecule has 2 aliphatic rings. The van der Waals surface area contributed by atoms with Gasteiger partial charge in [-0.2, -0.15) is 10.4 Å². The number of rotatable bonds is 3. The van der Waals surface area contributed by atoms with Gasteiger partial charge in [0, 0.05) is 49.2 Å². The molecule has 0 bridgehead atoms. The summed E-state index contributed by atoms with van der Waals surface area (Å²) in [4.78, 5) is 23.8. The number of piperidine rings is 1. The molecular formula is C28H27N7O. The number of amides is 1. The first-order valence-electron chi connectivity index (χ1n) is 12.3. The molecule has 2 aliphatic heterocycles. The summed E-state index contributed by atoms with van der Waals surface area (Å²) in [5, 5.41) is 17.4. The number of nitrogens with one attached hydrogen (secondary N) is 1. The zero-order valence-electron chi connectivity index (χ0n) is 20.5. The first-order chi connectivity index (χ1) is 17.4. The van der Waals surface area contributed by atoms with Gasteiger partial charge in [-0.3, -0.25) is 9.78 Å². The lowest BCUT2D eigenvalue weighted by Gasteiger charge is -2.38. The average molecular weight is 478 g/mol. The zero-order valence-corrected chi connectivity index (χ0v) is 20.5. The third kappa shape index (κ3) is 3.87. The summed E-state index contributed by atoms with van der Waals surface area (Å²) in [6, 6.07) is 15.9. The molecule has 0 unspecified atom stereocenters. The molecule has 5 heterocycles. The molecule has 3 aromatic heterocycles. The van der Waals surface area contributed by atoms with Crippen LogP contribution in [0.2, 0.25) is 0 Å². The molecule has 1 N–H and O–H groups in total. The molecule has 1 spiro atoms. The summed E-state index contributed by atoms with van der Waals surface area (Å²) in [7, 11) is 0. The van der Waals surface area contributed by atoms with Crippen LogP contribution in [0.4, 0.5) is 5.82 Å². The van der Waals surface area contributed by atoms with Crippen molar-refractivity contribution in [3.63, 3.8) is 0 Å². The Morgan fingerprint density at radius 2 is 1.81 bits per heavy atom. The van der Waals surface area contributed by atoms with Crippen LogP contribution < -0.4 is 10.2 Å². The molecule has 8 heteroatoms. The van der Waals surface area contributed by atoms with Crippen molar-refractivity contribution >= 4 is 17.4 Å². The lowest BCUT2D eigenvalue weighted by molar-refractivity contribution is -0.119. The van der Waals surface area contributed by atoms with Crippen molar-refractivity contribution in [2.45, 2.75) is 33.1 Å². The standard InChI is InChI=1S/C28H27N7O/c1-18-12-22(13-19(2)31-18)25-26(21-5-3-4-20(14-21)16-29)33-35-9-6-23(32-27(25)35)34-10-7-28(8-11-34)15-24(36)30-17-28/h3-6,9,12-14H,7-8,10-11,15,17H2,1-2H3,(H,30,36). The molecule has 4 aromatic rings. The lowest BCUT2D eigenvalue weighted by atomic mass is 9.78. The van der Waals surface area contributed by atoms with Crippen LogP contribution in [-0.4, -0.2) is 45.1 Å². The van der Waals surface area contributed by atoms with Gasteiger partial charge < -0.3 is 10.2 Å². The minimum Gasteiger partial charge on any atom is -0.356 e. The van der Waals surface area contributed by atoms with E-state index in [0.717, 1.165) is 77.7 Å². The Bertz CT molecular complexity index is 1520. The smallest absolute Gasteiger partial charge is 0.220 e. The van der Waals surface area contributed by atoms with Crippen LogP contribution in [0.3, 0.4) is 0 Å². The molecule has 0 aliphatic carbocycles. The van der Waals surface area contributed by atoms with Gasteiger partial charge >= 0.3 is 0 Å². The Balaban J connectivity index is 1.45. The van der Waals surface area contributed by atoms with E-state index in [1.165, 1.54) is 0 Å². The highest BCUT2D eigenvalue weighted by Gasteiger charge is 2.41. The number of anilines is 1. The van der Waals surface area contributed by atoms with Crippen molar-refractivity contribution in [2.24, 2.45) is 5.41 Å². The van der Waals surface area contributed by atoms with Crippen molar-refractivity contribution in [1.82, 2.24) is 24.9 Å². The molecule has 8 nitrogen and oxygen atoms in total. The van der Waals surface area contributed by atoms with Gasteiger partial charge in [0.15, 0.2) is 5.65 Å². The molecule has 0 radical (unpaired) electrons. The second kappa shape index (κ2) is 8.45. The Kier molecular flexibility index (Phi) is 5.22. The number of pyridine rings is 1. The number of nitriles is 1. The average Bonchev–Trinajstić information content (AvgIpc) is 3.44. The van der Waals surface area contributed by atoms with Crippen LogP contribution in [0.15, 0.2) is 48.7 Å². The number of hydrogen-bond donors (Lipinski definition) is 1. The number of nitrogens with zero attached hydrogens (tertiary/aromatic N) is 6. The van der Waals surface area contributed by atoms with E-state index in [2.05, 4.69) is 33.4 Å². The molecule has 180 valence electrons. The molecule has 36 heavy (non-hydrogen) atoms. The van der Waals surface area contributed by atoms with Crippen molar-refractivity contribution in [1.29, 1.82) is 5.26 Å². The van der Waals surface area contributed by atoms with Gasteiger partial charge in [-0.15, -0.1) is 0 Å². The maximum Gasteiger partial charge on any atom is 0.220 e. The van der Waals surface area contributed by atoms with Crippen molar-refractivity contribution in [3.8, 4) is 28.5 Å². The van der Waals surface area contributed by atoms with E-state index in [1.807, 2.05) is 48.8 Å². The van der Waals surface area contributed by atoms with Crippen LogP contribution in [0.25, 0.3) is 28.0 Å². The van der Waals surface area contributed by atoms with Gasteiger partial charge in [0.05, 0.1) is 17.2 Å². The molecule has 6 rings (SSSR count). The summed E-state index contributed by atoms with van der Waals surface area (Å²) < 4.78 is 1.82. The summed E-state index contributed by atoms with van der Waals surface area (Å²) in [5.41, 5.74) is 6.91. The normalized spacial score (nSPS) is 16.9. The van der Waals surface area contributed by atoms with E-state index in [-0.39, 0.29) is 11.3 Å². The van der Waals surface area contributed by atoms with Gasteiger partial charge in [0.1, 0.15) is 11.5 Å². The zero-order chi connectivity index (χ0) is 24.9. The summed E-state index contributed by atoms with van der Waals surface area (Å²) >= 11 is 0. The van der Waals surface area contributed by atoms with E-state index >= 15 is 0 Å². The van der Waals surface area contributed by atoms with E-state index in [9.17, 15) is 10.1 Å². The third-order valence-electron chi connectivity index (χ3n) is 7.45. The van der Waals surface area contributed by atoms with Crippen LogP contribution in [-0.2, 0) is 4.79 Å². The predicted octanol–water partition coefficient (Wildman–Crippen LogP) is 4.05. The van der Waals surface area contributed by atoms with Gasteiger partial charge in [-0.05, 0) is 68.0 Å². The van der Waals surface area contributed by atoms with Crippen LogP contribution in [0.1, 0.15) is 36.2 Å². The van der Waals surface area contributed by atoms with Crippen molar-refractivity contribution in [3.05, 3.63) is 65.6 Å². The van der Waals surface area contributed by atoms with Gasteiger partial charge in [0.25, 0.3) is 0 Å². The number of aromatic nitrogens is 4. The van der Waals surface area contributed by atoms with E-state index in [0.29, 0.717) is 12.0 Å². The quantitative estimate of drug-likeness (QED) is 0.478. The minimum atomic E-state index is 0.0878. The van der Waals surface area contributed by atoms with Gasteiger partial charge in [-0.25, -0.2) is 9.50 Å². The van der Waals surface area contributed by atoms with E-state index < -0.39 is 0 Å². The predicted molar refractivity (Wildman–Crippen MR) is 137 cm³/mol. The maximum atomic E-state index is 11.8. The first-order valence-corrected chi connectivity index (χ1v) is 12.3. The number of aryl methyl sites for hydroxylation is 2. The SMILES string of the molecule is Cc1cc(-c2c(-c3cccc(C#N)c3)nn3ccc(N4CCC5(CC4)CNC(=O)C5)nc23)cc(C)n1. The number of fused-ring (bicyclic) bond motifs is 1. The highest BCUT2D eigenvalue weighted by atomic mass is 16.1. The lowest BCUT2D eigenvalue weighted by Crippen LogP contribution is -2.41. The number of carbonyl (C=O) groups excluding carboxylic acids is 1. The second-order valence-electron chi connectivity index (χ2n) is 10.0. The number of hydrogen-bond acceptors (Lipinski definition) is 6. The monoisotopic (exact) mass is 477 g/mol. The third-order valence-corrected chi connectivity index (χ3v) is 7.45. The molecule has 2 saturated heterocycles. The van der Waals surface area contributed by atoms with Gasteiger partial charge in [-0.1, -0.05) is 12.1 Å². The summed E-state index contributed by atoms with van der Waals surface area (Å²) in [5.74, 6) is 1.08. The fourth-order valence-corrected chi connectivity index (χ4v) is 5.59. The molecule has 0 atom stereocenters. The molecule has 1 aromatic carbocycles. The Labute approximate surface area is 209 Å². The van der Waals surface area contributed by atoms with Crippen LogP contribution in [0, 0.1) is 30.6 Å². The fourth-order valence-electron chi connectivity index (χ4n) is 5.59. The molecule has 2 fully saturated rings. The summed E-state index contributed by atoms with van der Waals surface area (Å²) in [6.45, 7) is 6.50. The Morgan fingerprint density at radius 1 is 1.03 bits per heavy atom. The number of benzene rings is 1. The molecule has 1 amide bonds. The van der Waals surface area contributed by atoms with Crippen molar-refractivity contribution in [2.75, 3.05) is 24.5 Å². The highest BCUT2D eigenvalue weighted by Crippen LogP contribution is 2.39. The van der Waals surface area contributed by atoms with E-state index in [4.69, 9.17) is 10.1 Å². The Morgan fingerprint density at radius 3 is 2.50 bits per heavy atom. The first kappa shape index (κ1) is 22.2. The fraction of sp³-hybridized carbons (Fsp3) is 0.321. The Hall–Kier alpha value is -4.25. The number of carbonyl (C=O) groups is 1. The maximum absolute atomic E-state index is 11.8.